The first kappa shape index (κ1) is 14.5. The van der Waals surface area contributed by atoms with Crippen LogP contribution in [0.1, 0.15) is 62.6 Å². The van der Waals surface area contributed by atoms with E-state index in [1.54, 1.807) is 0 Å². The normalized spacial score (nSPS) is 19.1. The number of rotatable bonds is 5. The molecule has 1 aliphatic carbocycles. The van der Waals surface area contributed by atoms with Crippen LogP contribution in [0.25, 0.3) is 0 Å². The van der Waals surface area contributed by atoms with E-state index in [9.17, 15) is 0 Å². The largest absolute Gasteiger partial charge is 0.329 e. The molecule has 3 N–H and O–H groups in total. The molecule has 0 saturated heterocycles. The van der Waals surface area contributed by atoms with Crippen molar-refractivity contribution in [1.29, 1.82) is 0 Å². The van der Waals surface area contributed by atoms with Gasteiger partial charge in [-0.3, -0.25) is 0 Å². The minimum absolute atomic E-state index is 0.319. The van der Waals surface area contributed by atoms with Gasteiger partial charge in [-0.25, -0.2) is 0 Å². The lowest BCUT2D eigenvalue weighted by Gasteiger charge is -2.26. The molecule has 1 aromatic rings. The van der Waals surface area contributed by atoms with Gasteiger partial charge in [0.1, 0.15) is 0 Å². The maximum atomic E-state index is 6.02. The third-order valence-corrected chi connectivity index (χ3v) is 4.34. The third kappa shape index (κ3) is 4.05. The van der Waals surface area contributed by atoms with E-state index in [0.29, 0.717) is 18.6 Å². The van der Waals surface area contributed by atoms with Gasteiger partial charge < -0.3 is 11.1 Å². The van der Waals surface area contributed by atoms with E-state index in [-0.39, 0.29) is 0 Å². The Labute approximate surface area is 117 Å². The van der Waals surface area contributed by atoms with E-state index < -0.39 is 0 Å². The topological polar surface area (TPSA) is 38.0 Å². The second kappa shape index (κ2) is 7.66. The maximum Gasteiger partial charge on any atom is 0.0449 e. The number of benzene rings is 1. The molecule has 106 valence electrons. The zero-order valence-electron chi connectivity index (χ0n) is 12.2. The van der Waals surface area contributed by atoms with Gasteiger partial charge in [0, 0.05) is 18.6 Å². The molecule has 1 unspecified atom stereocenters. The van der Waals surface area contributed by atoms with Crippen molar-refractivity contribution < 1.29 is 0 Å². The monoisotopic (exact) mass is 260 g/mol. The molecule has 2 nitrogen and oxygen atoms in total. The second-order valence-corrected chi connectivity index (χ2v) is 5.70. The molecule has 0 aromatic heterocycles. The van der Waals surface area contributed by atoms with E-state index in [2.05, 4.69) is 36.5 Å². The van der Waals surface area contributed by atoms with E-state index in [1.165, 1.54) is 49.7 Å². The maximum absolute atomic E-state index is 6.02. The first-order valence-corrected chi connectivity index (χ1v) is 7.89. The lowest BCUT2D eigenvalue weighted by atomic mass is 9.97. The van der Waals surface area contributed by atoms with E-state index in [4.69, 9.17) is 5.73 Å². The van der Waals surface area contributed by atoms with Crippen molar-refractivity contribution in [3.8, 4) is 0 Å². The SMILES string of the molecule is CCc1ccccc1C(CN)NC1CCCCCC1. The van der Waals surface area contributed by atoms with E-state index in [1.807, 2.05) is 0 Å². The van der Waals surface area contributed by atoms with Gasteiger partial charge in [0.25, 0.3) is 0 Å². The highest BCUT2D eigenvalue weighted by Crippen LogP contribution is 2.23. The van der Waals surface area contributed by atoms with Crippen molar-refractivity contribution in [3.05, 3.63) is 35.4 Å². The summed E-state index contributed by atoms with van der Waals surface area (Å²) in [5, 5.41) is 3.81. The summed E-state index contributed by atoms with van der Waals surface area (Å²) >= 11 is 0. The molecule has 0 radical (unpaired) electrons. The van der Waals surface area contributed by atoms with Crippen molar-refractivity contribution in [2.75, 3.05) is 6.54 Å². The van der Waals surface area contributed by atoms with Gasteiger partial charge in [0.05, 0.1) is 0 Å². The summed E-state index contributed by atoms with van der Waals surface area (Å²) in [5.41, 5.74) is 8.85. The summed E-state index contributed by atoms with van der Waals surface area (Å²) in [5.74, 6) is 0. The Kier molecular flexibility index (Phi) is 5.87. The predicted octanol–water partition coefficient (Wildman–Crippen LogP) is 3.56. The molecule has 0 aliphatic heterocycles. The number of hydrogen-bond acceptors (Lipinski definition) is 2. The average molecular weight is 260 g/mol. The van der Waals surface area contributed by atoms with Crippen LogP contribution in [0.4, 0.5) is 0 Å². The Morgan fingerprint density at radius 3 is 2.47 bits per heavy atom. The summed E-state index contributed by atoms with van der Waals surface area (Å²) in [4.78, 5) is 0. The zero-order valence-corrected chi connectivity index (χ0v) is 12.2. The minimum atomic E-state index is 0.319. The molecule has 0 bridgehead atoms. The molecule has 1 aromatic carbocycles. The Morgan fingerprint density at radius 1 is 1.16 bits per heavy atom. The van der Waals surface area contributed by atoms with Crippen molar-refractivity contribution in [2.24, 2.45) is 5.73 Å². The summed E-state index contributed by atoms with van der Waals surface area (Å²) in [6, 6.07) is 9.69. The quantitative estimate of drug-likeness (QED) is 0.794. The molecule has 1 fully saturated rings. The van der Waals surface area contributed by atoms with Gasteiger partial charge in [-0.1, -0.05) is 56.9 Å². The Hall–Kier alpha value is -0.860. The average Bonchev–Trinajstić information content (AvgIpc) is 2.73. The van der Waals surface area contributed by atoms with Gasteiger partial charge in [-0.15, -0.1) is 0 Å². The number of hydrogen-bond donors (Lipinski definition) is 2. The van der Waals surface area contributed by atoms with Gasteiger partial charge in [0.15, 0.2) is 0 Å². The molecule has 2 heteroatoms. The van der Waals surface area contributed by atoms with Crippen molar-refractivity contribution in [3.63, 3.8) is 0 Å². The molecule has 2 rings (SSSR count). The van der Waals surface area contributed by atoms with Gasteiger partial charge in [-0.05, 0) is 30.4 Å². The molecule has 0 amide bonds. The van der Waals surface area contributed by atoms with Crippen LogP contribution in [-0.2, 0) is 6.42 Å². The van der Waals surface area contributed by atoms with Gasteiger partial charge in [0.2, 0.25) is 0 Å². The summed E-state index contributed by atoms with van der Waals surface area (Å²) in [7, 11) is 0. The predicted molar refractivity (Wildman–Crippen MR) is 82.2 cm³/mol. The van der Waals surface area contributed by atoms with Crippen LogP contribution >= 0.6 is 0 Å². The Bertz CT molecular complexity index is 367. The molecule has 0 heterocycles. The molecule has 0 spiro atoms. The second-order valence-electron chi connectivity index (χ2n) is 5.70. The molecular formula is C17H28N2. The summed E-state index contributed by atoms with van der Waals surface area (Å²) < 4.78 is 0. The van der Waals surface area contributed by atoms with Crippen LogP contribution in [0.5, 0.6) is 0 Å². The van der Waals surface area contributed by atoms with E-state index in [0.717, 1.165) is 6.42 Å². The number of nitrogens with one attached hydrogen (secondary N) is 1. The smallest absolute Gasteiger partial charge is 0.0449 e. The van der Waals surface area contributed by atoms with Crippen LogP contribution in [0.2, 0.25) is 0 Å². The fourth-order valence-corrected chi connectivity index (χ4v) is 3.21. The lowest BCUT2D eigenvalue weighted by molar-refractivity contribution is 0.401. The van der Waals surface area contributed by atoms with Crippen LogP contribution in [0.15, 0.2) is 24.3 Å². The summed E-state index contributed by atoms with van der Waals surface area (Å²) in [6.07, 6.45) is 9.23. The molecular weight excluding hydrogens is 232 g/mol. The third-order valence-electron chi connectivity index (χ3n) is 4.34. The zero-order chi connectivity index (χ0) is 13.5. The fourth-order valence-electron chi connectivity index (χ4n) is 3.21. The van der Waals surface area contributed by atoms with Gasteiger partial charge >= 0.3 is 0 Å². The summed E-state index contributed by atoms with van der Waals surface area (Å²) in [6.45, 7) is 2.91. The van der Waals surface area contributed by atoms with E-state index >= 15 is 0 Å². The van der Waals surface area contributed by atoms with Crippen molar-refractivity contribution >= 4 is 0 Å². The highest BCUT2D eigenvalue weighted by Gasteiger charge is 2.18. The number of aryl methyl sites for hydroxylation is 1. The van der Waals surface area contributed by atoms with Crippen LogP contribution in [0.3, 0.4) is 0 Å². The fraction of sp³-hybridized carbons (Fsp3) is 0.647. The molecule has 1 atom stereocenters. The van der Waals surface area contributed by atoms with Crippen LogP contribution in [-0.4, -0.2) is 12.6 Å². The Morgan fingerprint density at radius 2 is 1.84 bits per heavy atom. The first-order valence-electron chi connectivity index (χ1n) is 7.89. The minimum Gasteiger partial charge on any atom is -0.329 e. The molecule has 1 saturated carbocycles. The highest BCUT2D eigenvalue weighted by atomic mass is 15.0. The first-order chi connectivity index (χ1) is 9.35. The van der Waals surface area contributed by atoms with Crippen LogP contribution in [0, 0.1) is 0 Å². The van der Waals surface area contributed by atoms with Crippen LogP contribution < -0.4 is 11.1 Å². The standard InChI is InChI=1S/C17H28N2/c1-2-14-9-7-8-12-16(14)17(13-18)19-15-10-5-3-4-6-11-15/h7-9,12,15,17,19H,2-6,10-11,13,18H2,1H3. The number of nitrogens with two attached hydrogens (primary N) is 1. The lowest BCUT2D eigenvalue weighted by Crippen LogP contribution is -2.37. The molecule has 1 aliphatic rings. The molecule has 19 heavy (non-hydrogen) atoms. The Balaban J connectivity index is 2.06. The van der Waals surface area contributed by atoms with Crippen molar-refractivity contribution in [1.82, 2.24) is 5.32 Å². The van der Waals surface area contributed by atoms with Gasteiger partial charge in [-0.2, -0.15) is 0 Å². The van der Waals surface area contributed by atoms with Crippen molar-refractivity contribution in [2.45, 2.75) is 64.0 Å². The highest BCUT2D eigenvalue weighted by molar-refractivity contribution is 5.30.